The number of rotatable bonds is 4. The Bertz CT molecular complexity index is 670. The van der Waals surface area contributed by atoms with Gasteiger partial charge < -0.3 is 10.2 Å². The van der Waals surface area contributed by atoms with Crippen molar-refractivity contribution in [2.45, 2.75) is 37.8 Å². The highest BCUT2D eigenvalue weighted by atomic mass is 32.1. The third-order valence-corrected chi connectivity index (χ3v) is 5.01. The van der Waals surface area contributed by atoms with E-state index < -0.39 is 0 Å². The van der Waals surface area contributed by atoms with E-state index in [1.54, 1.807) is 6.20 Å². The van der Waals surface area contributed by atoms with Gasteiger partial charge in [0.25, 0.3) is 0 Å². The first-order valence-corrected chi connectivity index (χ1v) is 8.45. The monoisotopic (exact) mass is 315 g/mol. The maximum atomic E-state index is 12.3. The predicted octanol–water partition coefficient (Wildman–Crippen LogP) is 1.85. The van der Waals surface area contributed by atoms with E-state index in [1.165, 1.54) is 11.3 Å². The number of amides is 1. The van der Waals surface area contributed by atoms with Crippen LogP contribution in [0.3, 0.4) is 0 Å². The van der Waals surface area contributed by atoms with Gasteiger partial charge in [0.05, 0.1) is 0 Å². The van der Waals surface area contributed by atoms with Crippen LogP contribution in [0.4, 0.5) is 5.13 Å². The van der Waals surface area contributed by atoms with Crippen LogP contribution in [0.15, 0.2) is 24.4 Å². The molecule has 1 unspecified atom stereocenters. The summed E-state index contributed by atoms with van der Waals surface area (Å²) in [4.78, 5) is 18.7. The van der Waals surface area contributed by atoms with Gasteiger partial charge in [-0.3, -0.25) is 9.78 Å². The molecule has 4 rings (SSSR count). The van der Waals surface area contributed by atoms with Crippen LogP contribution in [-0.2, 0) is 4.79 Å². The molecule has 2 aliphatic rings. The molecule has 1 N–H and O–H groups in total. The van der Waals surface area contributed by atoms with E-state index in [0.717, 1.165) is 48.1 Å². The standard InChI is InChI=1S/C15H17N5OS/c21-13(17-10-6-7-10)12-5-3-9-20(12)15-19-18-14(22-15)11-4-1-2-8-16-11/h1-2,4,8,10,12H,3,5-7,9H2,(H,17,21). The lowest BCUT2D eigenvalue weighted by Gasteiger charge is -2.22. The van der Waals surface area contributed by atoms with Crippen molar-refractivity contribution >= 4 is 22.4 Å². The Morgan fingerprint density at radius 1 is 1.27 bits per heavy atom. The van der Waals surface area contributed by atoms with Crippen LogP contribution in [0.2, 0.25) is 0 Å². The number of nitrogens with one attached hydrogen (secondary N) is 1. The van der Waals surface area contributed by atoms with Gasteiger partial charge in [-0.25, -0.2) is 0 Å². The van der Waals surface area contributed by atoms with Crippen molar-refractivity contribution in [3.8, 4) is 10.7 Å². The Morgan fingerprint density at radius 2 is 2.18 bits per heavy atom. The Labute approximate surface area is 132 Å². The van der Waals surface area contributed by atoms with Crippen LogP contribution < -0.4 is 10.2 Å². The van der Waals surface area contributed by atoms with Crippen LogP contribution in [0, 0.1) is 0 Å². The minimum atomic E-state index is -0.106. The lowest BCUT2D eigenvalue weighted by atomic mass is 10.2. The summed E-state index contributed by atoms with van der Waals surface area (Å²) < 4.78 is 0. The number of anilines is 1. The van der Waals surface area contributed by atoms with Gasteiger partial charge in [0, 0.05) is 18.8 Å². The molecule has 0 radical (unpaired) electrons. The van der Waals surface area contributed by atoms with E-state index in [1.807, 2.05) is 18.2 Å². The quantitative estimate of drug-likeness (QED) is 0.932. The molecular weight excluding hydrogens is 298 g/mol. The Balaban J connectivity index is 1.53. The molecule has 0 aromatic carbocycles. The maximum Gasteiger partial charge on any atom is 0.243 e. The summed E-state index contributed by atoms with van der Waals surface area (Å²) in [5, 5.41) is 13.2. The zero-order chi connectivity index (χ0) is 14.9. The summed E-state index contributed by atoms with van der Waals surface area (Å²) >= 11 is 1.50. The molecule has 114 valence electrons. The number of hydrogen-bond acceptors (Lipinski definition) is 6. The SMILES string of the molecule is O=C(NC1CC1)C1CCCN1c1nnc(-c2ccccn2)s1. The molecule has 1 amide bonds. The fraction of sp³-hybridized carbons (Fsp3) is 0.467. The molecule has 0 spiro atoms. The summed E-state index contributed by atoms with van der Waals surface area (Å²) in [6, 6.07) is 6.03. The number of hydrogen-bond donors (Lipinski definition) is 1. The van der Waals surface area contributed by atoms with Crippen LogP contribution in [0.25, 0.3) is 10.7 Å². The normalized spacial score (nSPS) is 21.1. The average Bonchev–Trinajstić information content (AvgIpc) is 3.06. The van der Waals surface area contributed by atoms with E-state index in [0.29, 0.717) is 6.04 Å². The fourth-order valence-corrected chi connectivity index (χ4v) is 3.61. The third kappa shape index (κ3) is 2.68. The van der Waals surface area contributed by atoms with Gasteiger partial charge >= 0.3 is 0 Å². The smallest absolute Gasteiger partial charge is 0.243 e. The van der Waals surface area contributed by atoms with Crippen molar-refractivity contribution in [2.75, 3.05) is 11.4 Å². The lowest BCUT2D eigenvalue weighted by Crippen LogP contribution is -2.44. The van der Waals surface area contributed by atoms with E-state index >= 15 is 0 Å². The topological polar surface area (TPSA) is 71.0 Å². The lowest BCUT2D eigenvalue weighted by molar-refractivity contribution is -0.122. The third-order valence-electron chi connectivity index (χ3n) is 4.02. The highest BCUT2D eigenvalue weighted by Gasteiger charge is 2.35. The van der Waals surface area contributed by atoms with Gasteiger partial charge in [0.2, 0.25) is 11.0 Å². The number of carbonyl (C=O) groups excluding carboxylic acids is 1. The molecule has 6 nitrogen and oxygen atoms in total. The molecule has 2 fully saturated rings. The van der Waals surface area contributed by atoms with Crippen LogP contribution in [0.1, 0.15) is 25.7 Å². The van der Waals surface area contributed by atoms with Crippen LogP contribution >= 0.6 is 11.3 Å². The molecule has 7 heteroatoms. The van der Waals surface area contributed by atoms with Gasteiger partial charge in [-0.2, -0.15) is 0 Å². The van der Waals surface area contributed by atoms with Gasteiger partial charge in [-0.15, -0.1) is 10.2 Å². The molecule has 2 aromatic rings. The van der Waals surface area contributed by atoms with Crippen molar-refractivity contribution in [3.63, 3.8) is 0 Å². The highest BCUT2D eigenvalue weighted by Crippen LogP contribution is 2.32. The summed E-state index contributed by atoms with van der Waals surface area (Å²) in [6.07, 6.45) is 5.87. The van der Waals surface area contributed by atoms with Crippen LogP contribution in [0.5, 0.6) is 0 Å². The molecule has 22 heavy (non-hydrogen) atoms. The average molecular weight is 315 g/mol. The number of aromatic nitrogens is 3. The minimum Gasteiger partial charge on any atom is -0.352 e. The zero-order valence-electron chi connectivity index (χ0n) is 12.1. The van der Waals surface area contributed by atoms with Crippen molar-refractivity contribution in [1.29, 1.82) is 0 Å². The first-order chi connectivity index (χ1) is 10.8. The molecule has 1 atom stereocenters. The second kappa shape index (κ2) is 5.64. The summed E-state index contributed by atoms with van der Waals surface area (Å²) in [5.41, 5.74) is 0.824. The molecular formula is C15H17N5OS. The second-order valence-corrected chi connectivity index (χ2v) is 6.70. The van der Waals surface area contributed by atoms with Crippen molar-refractivity contribution < 1.29 is 4.79 Å². The number of nitrogens with zero attached hydrogens (tertiary/aromatic N) is 4. The van der Waals surface area contributed by atoms with E-state index in [-0.39, 0.29) is 11.9 Å². The van der Waals surface area contributed by atoms with Gasteiger partial charge in [0.15, 0.2) is 5.01 Å². The predicted molar refractivity (Wildman–Crippen MR) is 84.7 cm³/mol. The van der Waals surface area contributed by atoms with Gasteiger partial charge in [-0.05, 0) is 37.8 Å². The number of carbonyl (C=O) groups is 1. The molecule has 0 bridgehead atoms. The molecule has 1 saturated carbocycles. The second-order valence-electron chi connectivity index (χ2n) is 5.74. The van der Waals surface area contributed by atoms with Crippen molar-refractivity contribution in [3.05, 3.63) is 24.4 Å². The summed E-state index contributed by atoms with van der Waals surface area (Å²) in [7, 11) is 0. The molecule has 1 saturated heterocycles. The van der Waals surface area contributed by atoms with E-state index in [9.17, 15) is 4.79 Å². The maximum absolute atomic E-state index is 12.3. The van der Waals surface area contributed by atoms with Gasteiger partial charge in [0.1, 0.15) is 11.7 Å². The minimum absolute atomic E-state index is 0.106. The fourth-order valence-electron chi connectivity index (χ4n) is 2.72. The molecule has 1 aliphatic heterocycles. The molecule has 2 aromatic heterocycles. The Hall–Kier alpha value is -2.02. The number of pyridine rings is 1. The van der Waals surface area contributed by atoms with Gasteiger partial charge in [-0.1, -0.05) is 17.4 Å². The molecule has 1 aliphatic carbocycles. The first kappa shape index (κ1) is 13.6. The largest absolute Gasteiger partial charge is 0.352 e. The van der Waals surface area contributed by atoms with E-state index in [2.05, 4.69) is 25.4 Å². The van der Waals surface area contributed by atoms with E-state index in [4.69, 9.17) is 0 Å². The molecule has 3 heterocycles. The summed E-state index contributed by atoms with van der Waals surface area (Å²) in [5.74, 6) is 0.134. The highest BCUT2D eigenvalue weighted by molar-refractivity contribution is 7.18. The zero-order valence-corrected chi connectivity index (χ0v) is 12.9. The van der Waals surface area contributed by atoms with Crippen molar-refractivity contribution in [1.82, 2.24) is 20.5 Å². The van der Waals surface area contributed by atoms with Crippen molar-refractivity contribution in [2.24, 2.45) is 0 Å². The summed E-state index contributed by atoms with van der Waals surface area (Å²) in [6.45, 7) is 0.861. The first-order valence-electron chi connectivity index (χ1n) is 7.63. The van der Waals surface area contributed by atoms with Crippen LogP contribution in [-0.4, -0.2) is 39.7 Å². The Kier molecular flexibility index (Phi) is 3.49. The Morgan fingerprint density at radius 3 is 2.95 bits per heavy atom.